The number of piperazine rings is 1. The number of amides is 1. The van der Waals surface area contributed by atoms with E-state index in [-0.39, 0.29) is 11.6 Å². The van der Waals surface area contributed by atoms with Crippen LogP contribution in [0.4, 0.5) is 26.1 Å². The van der Waals surface area contributed by atoms with Crippen molar-refractivity contribution in [3.05, 3.63) is 72.3 Å². The third-order valence-electron chi connectivity index (χ3n) is 4.62. The Balaban J connectivity index is 1.44. The minimum Gasteiger partial charge on any atom is -0.349 e. The number of hydrogen-bond donors (Lipinski definition) is 1. The molecule has 1 saturated heterocycles. The molecule has 148 valence electrons. The second-order valence-electron chi connectivity index (χ2n) is 6.51. The molecule has 1 amide bonds. The second-order valence-corrected chi connectivity index (χ2v) is 6.51. The molecule has 1 aliphatic heterocycles. The van der Waals surface area contributed by atoms with Gasteiger partial charge in [-0.25, -0.2) is 18.7 Å². The first-order valence-corrected chi connectivity index (χ1v) is 9.09. The molecule has 0 atom stereocenters. The largest absolute Gasteiger partial charge is 0.349 e. The first-order valence-electron chi connectivity index (χ1n) is 9.09. The number of rotatable bonds is 4. The Labute approximate surface area is 166 Å². The molecule has 0 radical (unpaired) electrons. The van der Waals surface area contributed by atoms with Crippen LogP contribution in [0.1, 0.15) is 10.4 Å². The number of anilines is 3. The Morgan fingerprint density at radius 3 is 2.34 bits per heavy atom. The van der Waals surface area contributed by atoms with Gasteiger partial charge in [-0.15, -0.1) is 0 Å². The number of nitrogens with one attached hydrogen (secondary N) is 1. The van der Waals surface area contributed by atoms with Gasteiger partial charge in [0.1, 0.15) is 17.3 Å². The Morgan fingerprint density at radius 2 is 1.66 bits per heavy atom. The van der Waals surface area contributed by atoms with E-state index in [2.05, 4.69) is 20.3 Å². The maximum atomic E-state index is 13.8. The van der Waals surface area contributed by atoms with Crippen LogP contribution in [0.5, 0.6) is 0 Å². The molecular formula is C20H18F2N6O. The van der Waals surface area contributed by atoms with Crippen LogP contribution >= 0.6 is 0 Å². The summed E-state index contributed by atoms with van der Waals surface area (Å²) in [4.78, 5) is 29.1. The van der Waals surface area contributed by atoms with Gasteiger partial charge in [0.05, 0.1) is 17.4 Å². The van der Waals surface area contributed by atoms with E-state index in [0.717, 1.165) is 12.1 Å². The number of carbonyl (C=O) groups is 1. The van der Waals surface area contributed by atoms with Crippen LogP contribution in [0.2, 0.25) is 0 Å². The van der Waals surface area contributed by atoms with Crippen LogP contribution in [0.15, 0.2) is 55.1 Å². The summed E-state index contributed by atoms with van der Waals surface area (Å²) in [6.07, 6.45) is 6.22. The summed E-state index contributed by atoms with van der Waals surface area (Å²) in [7, 11) is 0. The molecule has 0 spiro atoms. The van der Waals surface area contributed by atoms with E-state index in [9.17, 15) is 13.6 Å². The zero-order valence-corrected chi connectivity index (χ0v) is 15.4. The van der Waals surface area contributed by atoms with Crippen LogP contribution in [-0.4, -0.2) is 51.9 Å². The predicted molar refractivity (Wildman–Crippen MR) is 104 cm³/mol. The molecule has 3 aromatic rings. The summed E-state index contributed by atoms with van der Waals surface area (Å²) in [5.74, 6) is -0.995. The lowest BCUT2D eigenvalue weighted by atomic mass is 10.2. The number of hydrogen-bond acceptors (Lipinski definition) is 6. The van der Waals surface area contributed by atoms with Gasteiger partial charge in [-0.3, -0.25) is 9.78 Å². The molecule has 2 aromatic heterocycles. The minimum absolute atomic E-state index is 0.191. The van der Waals surface area contributed by atoms with Gasteiger partial charge in [0, 0.05) is 44.8 Å². The summed E-state index contributed by atoms with van der Waals surface area (Å²) in [6.45, 7) is 2.25. The second kappa shape index (κ2) is 8.17. The van der Waals surface area contributed by atoms with Crippen molar-refractivity contribution in [3.8, 4) is 0 Å². The molecule has 1 aromatic carbocycles. The van der Waals surface area contributed by atoms with Crippen LogP contribution in [-0.2, 0) is 0 Å². The lowest BCUT2D eigenvalue weighted by Gasteiger charge is -2.34. The number of benzene rings is 1. The molecule has 0 unspecified atom stereocenters. The van der Waals surface area contributed by atoms with Crippen molar-refractivity contribution in [2.75, 3.05) is 36.4 Å². The highest BCUT2D eigenvalue weighted by Gasteiger charge is 2.24. The lowest BCUT2D eigenvalue weighted by Crippen LogP contribution is -2.49. The number of aromatic nitrogens is 3. The summed E-state index contributed by atoms with van der Waals surface area (Å²) in [6, 6.07) is 6.89. The smallest absolute Gasteiger partial charge is 0.255 e. The third kappa shape index (κ3) is 4.13. The zero-order chi connectivity index (χ0) is 20.2. The van der Waals surface area contributed by atoms with Gasteiger partial charge < -0.3 is 15.1 Å². The van der Waals surface area contributed by atoms with E-state index < -0.39 is 11.6 Å². The monoisotopic (exact) mass is 396 g/mol. The zero-order valence-electron chi connectivity index (χ0n) is 15.4. The van der Waals surface area contributed by atoms with Crippen molar-refractivity contribution in [1.29, 1.82) is 0 Å². The Bertz CT molecular complexity index is 989. The molecule has 7 nitrogen and oxygen atoms in total. The SMILES string of the molecule is O=C(c1cncc(Nc2c(F)cccc2F)c1)N1CCN(c2ncccn2)CC1. The molecule has 4 rings (SSSR count). The van der Waals surface area contributed by atoms with Gasteiger partial charge in [0.2, 0.25) is 5.95 Å². The molecule has 29 heavy (non-hydrogen) atoms. The van der Waals surface area contributed by atoms with Crippen LogP contribution < -0.4 is 10.2 Å². The molecule has 9 heteroatoms. The maximum absolute atomic E-state index is 13.8. The van der Waals surface area contributed by atoms with Gasteiger partial charge in [-0.05, 0) is 24.3 Å². The fourth-order valence-electron chi connectivity index (χ4n) is 3.13. The van der Waals surface area contributed by atoms with Crippen molar-refractivity contribution in [2.45, 2.75) is 0 Å². The summed E-state index contributed by atoms with van der Waals surface area (Å²) in [5, 5.41) is 2.66. The minimum atomic E-state index is -0.721. The van der Waals surface area contributed by atoms with Crippen LogP contribution in [0.25, 0.3) is 0 Å². The molecular weight excluding hydrogens is 378 g/mol. The summed E-state index contributed by atoms with van der Waals surface area (Å²) in [5.41, 5.74) is 0.391. The Hall–Kier alpha value is -3.62. The van der Waals surface area contributed by atoms with Gasteiger partial charge in [0.15, 0.2) is 0 Å². The van der Waals surface area contributed by atoms with E-state index in [0.29, 0.717) is 43.4 Å². The normalized spacial score (nSPS) is 14.0. The molecule has 1 fully saturated rings. The van der Waals surface area contributed by atoms with E-state index in [1.165, 1.54) is 24.5 Å². The van der Waals surface area contributed by atoms with Gasteiger partial charge in [-0.1, -0.05) is 6.07 Å². The molecule has 1 aliphatic rings. The van der Waals surface area contributed by atoms with E-state index >= 15 is 0 Å². The Kier molecular flexibility index (Phi) is 5.28. The molecule has 0 bridgehead atoms. The van der Waals surface area contributed by atoms with E-state index in [1.807, 2.05) is 4.90 Å². The topological polar surface area (TPSA) is 74.2 Å². The van der Waals surface area contributed by atoms with Gasteiger partial charge >= 0.3 is 0 Å². The molecule has 0 saturated carbocycles. The van der Waals surface area contributed by atoms with Crippen LogP contribution in [0.3, 0.4) is 0 Å². The van der Waals surface area contributed by atoms with Crippen molar-refractivity contribution in [3.63, 3.8) is 0 Å². The first-order chi connectivity index (χ1) is 14.1. The van der Waals surface area contributed by atoms with Crippen molar-refractivity contribution < 1.29 is 13.6 Å². The lowest BCUT2D eigenvalue weighted by molar-refractivity contribution is 0.0746. The number of para-hydroxylation sites is 1. The number of halogens is 2. The molecule has 3 heterocycles. The van der Waals surface area contributed by atoms with Gasteiger partial charge in [-0.2, -0.15) is 0 Å². The number of carbonyl (C=O) groups excluding carboxylic acids is 1. The highest BCUT2D eigenvalue weighted by molar-refractivity contribution is 5.95. The average molecular weight is 396 g/mol. The fourth-order valence-corrected chi connectivity index (χ4v) is 3.13. The van der Waals surface area contributed by atoms with Crippen molar-refractivity contribution in [1.82, 2.24) is 19.9 Å². The third-order valence-corrected chi connectivity index (χ3v) is 4.62. The maximum Gasteiger partial charge on any atom is 0.255 e. The first kappa shape index (κ1) is 18.7. The van der Waals surface area contributed by atoms with Crippen molar-refractivity contribution >= 4 is 23.2 Å². The molecule has 0 aliphatic carbocycles. The number of nitrogens with zero attached hydrogens (tertiary/aromatic N) is 5. The standard InChI is InChI=1S/C20H18F2N6O/c21-16-3-1-4-17(22)18(16)26-15-11-14(12-23-13-15)19(29)27-7-9-28(10-8-27)20-24-5-2-6-25-20/h1-6,11-13,26H,7-10H2. The van der Waals surface area contributed by atoms with E-state index in [1.54, 1.807) is 23.4 Å². The van der Waals surface area contributed by atoms with Gasteiger partial charge in [0.25, 0.3) is 5.91 Å². The quantitative estimate of drug-likeness (QED) is 0.731. The predicted octanol–water partition coefficient (Wildman–Crippen LogP) is 2.86. The summed E-state index contributed by atoms with van der Waals surface area (Å²) >= 11 is 0. The Morgan fingerprint density at radius 1 is 0.966 bits per heavy atom. The summed E-state index contributed by atoms with van der Waals surface area (Å²) < 4.78 is 27.7. The van der Waals surface area contributed by atoms with Crippen LogP contribution in [0, 0.1) is 11.6 Å². The van der Waals surface area contributed by atoms with E-state index in [4.69, 9.17) is 0 Å². The average Bonchev–Trinajstić information content (AvgIpc) is 2.77. The van der Waals surface area contributed by atoms with Crippen molar-refractivity contribution in [2.24, 2.45) is 0 Å². The number of pyridine rings is 1. The fraction of sp³-hybridized carbons (Fsp3) is 0.200. The molecule has 1 N–H and O–H groups in total. The highest BCUT2D eigenvalue weighted by atomic mass is 19.1. The highest BCUT2D eigenvalue weighted by Crippen LogP contribution is 2.23.